The molecule has 12 heavy (non-hydrogen) atoms. The molecule has 0 aliphatic heterocycles. The largest absolute Gasteiger partial charge is 0.325 e. The molecule has 0 rings (SSSR count). The quantitative estimate of drug-likeness (QED) is 0.636. The van der Waals surface area contributed by atoms with Crippen molar-refractivity contribution in [3.8, 4) is 0 Å². The van der Waals surface area contributed by atoms with Gasteiger partial charge in [0, 0.05) is 18.5 Å². The molecule has 0 radical (unpaired) electrons. The SMILES string of the molecule is CCN=C=NC(=O)CC(C)(C)N. The van der Waals surface area contributed by atoms with Crippen LogP contribution in [0.4, 0.5) is 0 Å². The summed E-state index contributed by atoms with van der Waals surface area (Å²) >= 11 is 0. The van der Waals surface area contributed by atoms with Crippen LogP contribution in [0, 0.1) is 0 Å². The Labute approximate surface area is 72.6 Å². The van der Waals surface area contributed by atoms with Crippen LogP contribution in [0.2, 0.25) is 0 Å². The number of carbonyl (C=O) groups is 1. The first-order valence-electron chi connectivity index (χ1n) is 3.89. The number of hydrogen-bond donors (Lipinski definition) is 1. The standard InChI is InChI=1S/C8H15N3O/c1-4-10-6-11-7(12)5-8(2,3)9/h4-5,9H2,1-3H3. The minimum Gasteiger partial charge on any atom is -0.325 e. The van der Waals surface area contributed by atoms with Gasteiger partial charge in [-0.3, -0.25) is 4.79 Å². The van der Waals surface area contributed by atoms with Gasteiger partial charge in [-0.2, -0.15) is 0 Å². The van der Waals surface area contributed by atoms with Gasteiger partial charge in [-0.25, -0.2) is 4.99 Å². The molecule has 0 bridgehead atoms. The summed E-state index contributed by atoms with van der Waals surface area (Å²) in [6.07, 6.45) is 0.221. The molecule has 0 heterocycles. The van der Waals surface area contributed by atoms with Gasteiger partial charge in [0.1, 0.15) is 0 Å². The first kappa shape index (κ1) is 11.0. The highest BCUT2D eigenvalue weighted by Gasteiger charge is 2.15. The van der Waals surface area contributed by atoms with Crippen molar-refractivity contribution in [3.05, 3.63) is 0 Å². The number of amides is 1. The average molecular weight is 169 g/mol. The summed E-state index contributed by atoms with van der Waals surface area (Å²) in [6.45, 7) is 5.98. The number of rotatable bonds is 3. The van der Waals surface area contributed by atoms with E-state index in [9.17, 15) is 4.79 Å². The summed E-state index contributed by atoms with van der Waals surface area (Å²) in [5.41, 5.74) is 5.10. The second-order valence-corrected chi connectivity index (χ2v) is 3.25. The van der Waals surface area contributed by atoms with Gasteiger partial charge >= 0.3 is 0 Å². The zero-order chi connectivity index (χ0) is 9.61. The number of hydrogen-bond acceptors (Lipinski definition) is 3. The summed E-state index contributed by atoms with van der Waals surface area (Å²) in [4.78, 5) is 18.1. The molecule has 0 saturated heterocycles. The maximum Gasteiger partial charge on any atom is 0.256 e. The van der Waals surface area contributed by atoms with Gasteiger partial charge in [0.25, 0.3) is 5.91 Å². The topological polar surface area (TPSA) is 67.8 Å². The van der Waals surface area contributed by atoms with Gasteiger partial charge in [0.15, 0.2) is 0 Å². The second kappa shape index (κ2) is 4.80. The zero-order valence-electron chi connectivity index (χ0n) is 7.79. The van der Waals surface area contributed by atoms with Gasteiger partial charge in [0.2, 0.25) is 0 Å². The molecule has 0 atom stereocenters. The van der Waals surface area contributed by atoms with E-state index in [-0.39, 0.29) is 12.3 Å². The lowest BCUT2D eigenvalue weighted by Gasteiger charge is -2.14. The van der Waals surface area contributed by atoms with E-state index in [2.05, 4.69) is 16.0 Å². The Balaban J connectivity index is 3.99. The minimum atomic E-state index is -0.505. The molecular formula is C8H15N3O. The maximum absolute atomic E-state index is 11.0. The van der Waals surface area contributed by atoms with Crippen molar-refractivity contribution >= 4 is 11.9 Å². The Morgan fingerprint density at radius 2 is 2.17 bits per heavy atom. The van der Waals surface area contributed by atoms with E-state index in [0.717, 1.165) is 0 Å². The fraction of sp³-hybridized carbons (Fsp3) is 0.750. The molecule has 0 aliphatic carbocycles. The molecule has 0 aromatic carbocycles. The van der Waals surface area contributed by atoms with Gasteiger partial charge < -0.3 is 5.73 Å². The molecule has 0 saturated carbocycles. The highest BCUT2D eigenvalue weighted by atomic mass is 16.1. The van der Waals surface area contributed by atoms with Crippen molar-refractivity contribution in [1.82, 2.24) is 0 Å². The maximum atomic E-state index is 11.0. The molecule has 0 aliphatic rings. The van der Waals surface area contributed by atoms with Gasteiger partial charge in [-0.15, -0.1) is 4.99 Å². The smallest absolute Gasteiger partial charge is 0.256 e. The number of nitrogens with two attached hydrogens (primary N) is 1. The van der Waals surface area contributed by atoms with Crippen molar-refractivity contribution < 1.29 is 4.79 Å². The predicted molar refractivity (Wildman–Crippen MR) is 48.3 cm³/mol. The number of carbonyl (C=O) groups excluding carboxylic acids is 1. The Morgan fingerprint density at radius 1 is 1.58 bits per heavy atom. The van der Waals surface area contributed by atoms with Crippen LogP contribution in [0.1, 0.15) is 27.2 Å². The van der Waals surface area contributed by atoms with Crippen LogP contribution in [0.5, 0.6) is 0 Å². The summed E-state index contributed by atoms with van der Waals surface area (Å²) in [6, 6.07) is 2.30. The van der Waals surface area contributed by atoms with Gasteiger partial charge in [-0.1, -0.05) is 0 Å². The van der Waals surface area contributed by atoms with Crippen LogP contribution in [-0.4, -0.2) is 24.0 Å². The van der Waals surface area contributed by atoms with Gasteiger partial charge in [0.05, 0.1) is 6.01 Å². The minimum absolute atomic E-state index is 0.221. The summed E-state index contributed by atoms with van der Waals surface area (Å²) in [5, 5.41) is 0. The normalized spacial score (nSPS) is 10.3. The second-order valence-electron chi connectivity index (χ2n) is 3.25. The molecule has 0 unspecified atom stereocenters. The fourth-order valence-corrected chi connectivity index (χ4v) is 0.591. The lowest BCUT2D eigenvalue weighted by Crippen LogP contribution is -2.34. The molecule has 4 nitrogen and oxygen atoms in total. The number of nitrogens with zero attached hydrogens (tertiary/aromatic N) is 2. The lowest BCUT2D eigenvalue weighted by atomic mass is 10.0. The third-order valence-electron chi connectivity index (χ3n) is 1.01. The van der Waals surface area contributed by atoms with E-state index in [4.69, 9.17) is 5.73 Å². The van der Waals surface area contributed by atoms with E-state index >= 15 is 0 Å². The molecule has 0 fully saturated rings. The van der Waals surface area contributed by atoms with Crippen LogP contribution in [0.3, 0.4) is 0 Å². The Kier molecular flexibility index (Phi) is 4.40. The summed E-state index contributed by atoms with van der Waals surface area (Å²) in [7, 11) is 0. The summed E-state index contributed by atoms with van der Waals surface area (Å²) in [5.74, 6) is -0.278. The Morgan fingerprint density at radius 3 is 2.58 bits per heavy atom. The molecule has 0 aromatic rings. The molecule has 0 spiro atoms. The first-order valence-corrected chi connectivity index (χ1v) is 3.89. The monoisotopic (exact) mass is 169 g/mol. The van der Waals surface area contributed by atoms with Crippen LogP contribution >= 0.6 is 0 Å². The first-order chi connectivity index (χ1) is 5.45. The van der Waals surface area contributed by atoms with Crippen LogP contribution in [-0.2, 0) is 4.79 Å². The van der Waals surface area contributed by atoms with E-state index in [0.29, 0.717) is 6.54 Å². The van der Waals surface area contributed by atoms with Gasteiger partial charge in [-0.05, 0) is 20.8 Å². The Hall–Kier alpha value is -0.990. The van der Waals surface area contributed by atoms with Crippen molar-refractivity contribution in [2.24, 2.45) is 15.7 Å². The van der Waals surface area contributed by atoms with E-state index in [1.807, 2.05) is 6.92 Å². The third kappa shape index (κ3) is 7.12. The molecule has 4 heteroatoms. The summed E-state index contributed by atoms with van der Waals surface area (Å²) < 4.78 is 0. The molecule has 2 N–H and O–H groups in total. The van der Waals surface area contributed by atoms with Crippen molar-refractivity contribution in [2.75, 3.05) is 6.54 Å². The zero-order valence-corrected chi connectivity index (χ0v) is 7.79. The van der Waals surface area contributed by atoms with E-state index in [1.54, 1.807) is 13.8 Å². The van der Waals surface area contributed by atoms with Crippen LogP contribution < -0.4 is 5.73 Å². The van der Waals surface area contributed by atoms with Crippen LogP contribution in [0.15, 0.2) is 9.98 Å². The van der Waals surface area contributed by atoms with E-state index in [1.165, 1.54) is 0 Å². The van der Waals surface area contributed by atoms with Crippen molar-refractivity contribution in [1.29, 1.82) is 0 Å². The van der Waals surface area contributed by atoms with Crippen molar-refractivity contribution in [3.63, 3.8) is 0 Å². The highest BCUT2D eigenvalue weighted by Crippen LogP contribution is 2.03. The van der Waals surface area contributed by atoms with Crippen LogP contribution in [0.25, 0.3) is 0 Å². The molecular weight excluding hydrogens is 154 g/mol. The lowest BCUT2D eigenvalue weighted by molar-refractivity contribution is -0.118. The third-order valence-corrected chi connectivity index (χ3v) is 1.01. The number of aliphatic imine (C=N–C) groups is 2. The fourth-order valence-electron chi connectivity index (χ4n) is 0.591. The van der Waals surface area contributed by atoms with E-state index < -0.39 is 5.54 Å². The molecule has 68 valence electrons. The molecule has 0 aromatic heterocycles. The average Bonchev–Trinajstić information content (AvgIpc) is 1.84. The molecule has 1 amide bonds. The predicted octanol–water partition coefficient (Wildman–Crippen LogP) is 0.834. The van der Waals surface area contributed by atoms with Crippen molar-refractivity contribution in [2.45, 2.75) is 32.7 Å². The highest BCUT2D eigenvalue weighted by molar-refractivity contribution is 5.82. The Bertz CT molecular complexity index is 209.